The minimum Gasteiger partial charge on any atom is -0.461 e. The molecule has 16 heteroatoms. The second kappa shape index (κ2) is 24.9. The monoisotopic (exact) mass is 988 g/mol. The van der Waals surface area contributed by atoms with Crippen LogP contribution in [-0.4, -0.2) is 68.1 Å². The van der Waals surface area contributed by atoms with E-state index in [9.17, 15) is 40.2 Å². The molecule has 0 N–H and O–H groups in total. The summed E-state index contributed by atoms with van der Waals surface area (Å²) in [5.74, 6) is -10.2. The Hall–Kier alpha value is -3.28. The molecular weight excluding hydrogens is 948 g/mol. The van der Waals surface area contributed by atoms with Crippen LogP contribution in [0.15, 0.2) is 48.6 Å². The van der Waals surface area contributed by atoms with E-state index in [-0.39, 0.29) is 0 Å². The first-order chi connectivity index (χ1) is 24.9. The van der Waals surface area contributed by atoms with Crippen molar-refractivity contribution >= 4 is 87.6 Å². The number of ether oxygens (including phenoxy) is 4. The molecule has 0 aromatic carbocycles. The molecule has 0 spiro atoms. The van der Waals surface area contributed by atoms with Crippen LogP contribution in [0.2, 0.25) is 0 Å². The van der Waals surface area contributed by atoms with Crippen molar-refractivity contribution in [2.24, 2.45) is 23.7 Å². The summed E-state index contributed by atoms with van der Waals surface area (Å²) in [6, 6.07) is 7.42. The maximum atomic E-state index is 13.7. The van der Waals surface area contributed by atoms with Crippen LogP contribution in [-0.2, 0) is 38.1 Å². The Balaban J connectivity index is 7.29. The van der Waals surface area contributed by atoms with E-state index in [1.54, 1.807) is 27.7 Å². The smallest absolute Gasteiger partial charge is 0.325 e. The van der Waals surface area contributed by atoms with Gasteiger partial charge in [-0.05, 0) is 32.6 Å². The molecular formula is C37H44Br4N4O8. The van der Waals surface area contributed by atoms with E-state index in [2.05, 4.69) is 90.0 Å². The van der Waals surface area contributed by atoms with Crippen LogP contribution in [0.4, 0.5) is 0 Å². The number of nitriles is 4. The number of hydrogen-bond donors (Lipinski definition) is 0. The molecule has 0 rings (SSSR count). The number of halogens is 4. The fraction of sp³-hybridized carbons (Fsp3) is 0.568. The van der Waals surface area contributed by atoms with Crippen molar-refractivity contribution in [3.05, 3.63) is 48.6 Å². The van der Waals surface area contributed by atoms with Gasteiger partial charge in [0, 0.05) is 0 Å². The molecule has 0 aliphatic carbocycles. The molecule has 0 aromatic heterocycles. The summed E-state index contributed by atoms with van der Waals surface area (Å²) >= 11 is 13.2. The number of allylic oxidation sites excluding steroid dienone is 4. The van der Waals surface area contributed by atoms with Crippen molar-refractivity contribution in [1.29, 1.82) is 21.0 Å². The predicted molar refractivity (Wildman–Crippen MR) is 211 cm³/mol. The van der Waals surface area contributed by atoms with E-state index >= 15 is 0 Å². The molecule has 0 bridgehead atoms. The van der Waals surface area contributed by atoms with Gasteiger partial charge in [0.05, 0.1) is 43.6 Å². The molecule has 11 atom stereocenters. The van der Waals surface area contributed by atoms with Crippen molar-refractivity contribution in [3.8, 4) is 24.3 Å². The topological polar surface area (TPSA) is 200 Å². The number of esters is 4. The van der Waals surface area contributed by atoms with Gasteiger partial charge in [-0.1, -0.05) is 140 Å². The molecule has 0 saturated heterocycles. The van der Waals surface area contributed by atoms with Gasteiger partial charge < -0.3 is 18.9 Å². The van der Waals surface area contributed by atoms with Gasteiger partial charge in [-0.2, -0.15) is 21.0 Å². The number of alkyl halides is 4. The zero-order chi connectivity index (χ0) is 41.2. The molecule has 0 aromatic rings. The first-order valence-corrected chi connectivity index (χ1v) is 20.2. The van der Waals surface area contributed by atoms with Crippen molar-refractivity contribution in [2.75, 3.05) is 6.61 Å². The fourth-order valence-corrected chi connectivity index (χ4v) is 6.98. The summed E-state index contributed by atoms with van der Waals surface area (Å²) in [6.45, 7) is 22.9. The molecule has 0 aliphatic heterocycles. The zero-order valence-electron chi connectivity index (χ0n) is 30.3. The minimum atomic E-state index is -1.80. The van der Waals surface area contributed by atoms with Crippen molar-refractivity contribution in [2.45, 2.75) is 97.9 Å². The normalized spacial score (nSPS) is 16.8. The van der Waals surface area contributed by atoms with Crippen LogP contribution in [0.5, 0.6) is 0 Å². The molecule has 0 heterocycles. The van der Waals surface area contributed by atoms with Gasteiger partial charge in [0.15, 0.2) is 35.9 Å². The fourth-order valence-electron chi connectivity index (χ4n) is 4.35. The zero-order valence-corrected chi connectivity index (χ0v) is 36.6. The highest BCUT2D eigenvalue weighted by atomic mass is 79.9. The van der Waals surface area contributed by atoms with Gasteiger partial charge in [0.2, 0.25) is 0 Å². The lowest BCUT2D eigenvalue weighted by atomic mass is 9.98. The maximum absolute atomic E-state index is 13.7. The summed E-state index contributed by atoms with van der Waals surface area (Å²) in [5.41, 5.74) is 2.00. The number of carbonyl (C=O) groups is 4. The van der Waals surface area contributed by atoms with E-state index in [0.29, 0.717) is 48.0 Å². The van der Waals surface area contributed by atoms with E-state index in [1.165, 1.54) is 6.92 Å². The number of nitrogens with zero attached hydrogens (tertiary/aromatic N) is 4. The highest BCUT2D eigenvalue weighted by molar-refractivity contribution is 9.10. The van der Waals surface area contributed by atoms with Crippen LogP contribution in [0.3, 0.4) is 0 Å². The Morgan fingerprint density at radius 3 is 1.11 bits per heavy atom. The summed E-state index contributed by atoms with van der Waals surface area (Å²) in [7, 11) is 0. The van der Waals surface area contributed by atoms with Crippen LogP contribution < -0.4 is 0 Å². The Kier molecular flexibility index (Phi) is 23.4. The van der Waals surface area contributed by atoms with Crippen LogP contribution in [0, 0.1) is 69.0 Å². The summed E-state index contributed by atoms with van der Waals surface area (Å²) < 4.78 is 22.6. The van der Waals surface area contributed by atoms with Crippen molar-refractivity contribution < 1.29 is 38.1 Å². The maximum Gasteiger partial charge on any atom is 0.325 e. The summed E-state index contributed by atoms with van der Waals surface area (Å²) in [5, 5.41) is 39.5. The van der Waals surface area contributed by atoms with Gasteiger partial charge in [-0.15, -0.1) is 0 Å². The minimum absolute atomic E-state index is 0.396. The Labute approximate surface area is 345 Å². The van der Waals surface area contributed by atoms with Gasteiger partial charge in [-0.3, -0.25) is 19.2 Å². The van der Waals surface area contributed by atoms with Crippen LogP contribution >= 0.6 is 63.7 Å². The molecule has 0 saturated carbocycles. The first-order valence-electron chi connectivity index (χ1n) is 16.5. The third kappa shape index (κ3) is 14.5. The van der Waals surface area contributed by atoms with Crippen LogP contribution in [0.25, 0.3) is 0 Å². The number of hydrogen-bond acceptors (Lipinski definition) is 12. The van der Waals surface area contributed by atoms with Crippen molar-refractivity contribution in [3.63, 3.8) is 0 Å². The molecule has 0 fully saturated rings. The number of rotatable bonds is 23. The molecule has 0 aliphatic rings. The van der Waals surface area contributed by atoms with E-state index in [1.807, 2.05) is 24.3 Å². The molecule has 0 radical (unpaired) electrons. The lowest BCUT2D eigenvalue weighted by Crippen LogP contribution is -2.49. The van der Waals surface area contributed by atoms with E-state index in [0.717, 1.165) is 0 Å². The second-order valence-electron chi connectivity index (χ2n) is 11.7. The molecule has 12 nitrogen and oxygen atoms in total. The largest absolute Gasteiger partial charge is 0.461 e. The van der Waals surface area contributed by atoms with E-state index in [4.69, 9.17) is 18.9 Å². The van der Waals surface area contributed by atoms with Crippen molar-refractivity contribution in [1.82, 2.24) is 0 Å². The average molecular weight is 992 g/mol. The highest BCUT2D eigenvalue weighted by Gasteiger charge is 2.43. The third-order valence-electron chi connectivity index (χ3n) is 8.16. The first kappa shape index (κ1) is 49.7. The van der Waals surface area contributed by atoms with Gasteiger partial charge in [0.1, 0.15) is 12.7 Å². The predicted octanol–water partition coefficient (Wildman–Crippen LogP) is 7.76. The molecule has 11 unspecified atom stereocenters. The van der Waals surface area contributed by atoms with Gasteiger partial charge in [-0.25, -0.2) is 0 Å². The Morgan fingerprint density at radius 2 is 0.811 bits per heavy atom. The van der Waals surface area contributed by atoms with Gasteiger partial charge in [0.25, 0.3) is 0 Å². The van der Waals surface area contributed by atoms with E-state index < -0.39 is 91.8 Å². The lowest BCUT2D eigenvalue weighted by Gasteiger charge is -2.33. The highest BCUT2D eigenvalue weighted by Crippen LogP contribution is 2.30. The summed E-state index contributed by atoms with van der Waals surface area (Å²) in [4.78, 5) is 50.6. The SMILES string of the molecule is C=C(CC)C(Br)C(C#N)C(=O)OCC(OC(=O)C(C#N)C(Br)C(=C)CC)C(OC(=O)C(C#N)C(Br)C(=C)CC)C(C)OC(=O)C(C#N)C(Br)C(=C)CC. The quantitative estimate of drug-likeness (QED) is 0.0418. The third-order valence-corrected chi connectivity index (χ3v) is 12.9. The molecule has 288 valence electrons. The van der Waals surface area contributed by atoms with Crippen LogP contribution in [0.1, 0.15) is 60.3 Å². The van der Waals surface area contributed by atoms with Gasteiger partial charge >= 0.3 is 23.9 Å². The Morgan fingerprint density at radius 1 is 0.528 bits per heavy atom. The lowest BCUT2D eigenvalue weighted by molar-refractivity contribution is -0.193. The number of carbonyl (C=O) groups excluding carboxylic acids is 4. The molecule has 0 amide bonds. The standard InChI is InChI=1S/C37H44Br4N4O8/c1-10-19(5)29(38)24(14-42)34(46)50-18-28(52-36(48)26(16-44)31(40)21(7)12-3)33(53-37(49)27(17-45)32(41)22(8)13-4)23(9)51-35(47)25(15-43)30(39)20(6)11-2/h23-33H,5-8,10-13,18H2,1-4,9H3. The average Bonchev–Trinajstić information content (AvgIpc) is 3.14. The Bertz CT molecular complexity index is 1560. The second-order valence-corrected chi connectivity index (χ2v) is 15.7. The molecule has 53 heavy (non-hydrogen) atoms. The summed E-state index contributed by atoms with van der Waals surface area (Å²) in [6.07, 6.45) is -3.48.